The van der Waals surface area contributed by atoms with Crippen LogP contribution in [0.15, 0.2) is 50.8 Å². The predicted octanol–water partition coefficient (Wildman–Crippen LogP) is 4.14. The van der Waals surface area contributed by atoms with E-state index in [1.807, 2.05) is 41.8 Å². The summed E-state index contributed by atoms with van der Waals surface area (Å²) in [6.07, 6.45) is 0. The fourth-order valence-corrected chi connectivity index (χ4v) is 2.57. The van der Waals surface area contributed by atoms with Gasteiger partial charge in [-0.15, -0.1) is 11.3 Å². The van der Waals surface area contributed by atoms with Gasteiger partial charge in [-0.3, -0.25) is 0 Å². The molecule has 0 saturated carbocycles. The van der Waals surface area contributed by atoms with Crippen molar-refractivity contribution in [1.82, 2.24) is 10.1 Å². The van der Waals surface area contributed by atoms with E-state index in [4.69, 9.17) is 9.26 Å². The van der Waals surface area contributed by atoms with Crippen LogP contribution in [0.3, 0.4) is 0 Å². The van der Waals surface area contributed by atoms with Crippen molar-refractivity contribution in [2.75, 3.05) is 0 Å². The van der Waals surface area contributed by atoms with Gasteiger partial charge in [0.1, 0.15) is 5.75 Å². The molecule has 3 rings (SSSR count). The Morgan fingerprint density at radius 2 is 2.11 bits per heavy atom. The fraction of sp³-hybridized carbons (Fsp3) is 0.0769. The Kier molecular flexibility index (Phi) is 3.61. The molecular weight excluding hydrogens is 328 g/mol. The summed E-state index contributed by atoms with van der Waals surface area (Å²) in [5.74, 6) is 1.80. The van der Waals surface area contributed by atoms with Gasteiger partial charge in [0.2, 0.25) is 5.82 Å². The summed E-state index contributed by atoms with van der Waals surface area (Å²) >= 11 is 4.99. The molecule has 0 spiro atoms. The van der Waals surface area contributed by atoms with Gasteiger partial charge in [-0.25, -0.2) is 0 Å². The smallest absolute Gasteiger partial charge is 0.264 e. The molecule has 19 heavy (non-hydrogen) atoms. The van der Waals surface area contributed by atoms with Gasteiger partial charge in [-0.1, -0.05) is 23.4 Å². The molecule has 2 aromatic heterocycles. The Hall–Kier alpha value is -1.66. The molecule has 0 radical (unpaired) electrons. The van der Waals surface area contributed by atoms with Crippen LogP contribution in [0.25, 0.3) is 10.7 Å². The molecule has 0 amide bonds. The average molecular weight is 337 g/mol. The number of hydrogen-bond acceptors (Lipinski definition) is 5. The molecule has 0 aliphatic rings. The van der Waals surface area contributed by atoms with E-state index < -0.39 is 0 Å². The van der Waals surface area contributed by atoms with Crippen LogP contribution in [0.2, 0.25) is 0 Å². The monoisotopic (exact) mass is 336 g/mol. The molecule has 0 aliphatic heterocycles. The number of para-hydroxylation sites is 1. The largest absolute Gasteiger partial charge is 0.483 e. The van der Waals surface area contributed by atoms with E-state index in [1.54, 1.807) is 11.3 Å². The van der Waals surface area contributed by atoms with Gasteiger partial charge in [0.15, 0.2) is 6.61 Å². The highest BCUT2D eigenvalue weighted by Gasteiger charge is 2.10. The van der Waals surface area contributed by atoms with Gasteiger partial charge in [0.25, 0.3) is 5.89 Å². The van der Waals surface area contributed by atoms with Crippen LogP contribution < -0.4 is 4.74 Å². The normalized spacial score (nSPS) is 10.6. The standard InChI is InChI=1S/C13H9BrN2O2S/c14-9-4-1-2-5-10(9)17-8-12-15-13(16-18-12)11-6-3-7-19-11/h1-7H,8H2. The van der Waals surface area contributed by atoms with Gasteiger partial charge in [0, 0.05) is 0 Å². The highest BCUT2D eigenvalue weighted by Crippen LogP contribution is 2.25. The molecule has 0 atom stereocenters. The molecule has 96 valence electrons. The second kappa shape index (κ2) is 5.54. The van der Waals surface area contributed by atoms with Gasteiger partial charge < -0.3 is 9.26 Å². The highest BCUT2D eigenvalue weighted by atomic mass is 79.9. The van der Waals surface area contributed by atoms with E-state index in [0.29, 0.717) is 11.7 Å². The first-order valence-corrected chi connectivity index (χ1v) is 7.24. The predicted molar refractivity (Wildman–Crippen MR) is 76.1 cm³/mol. The molecule has 6 heteroatoms. The van der Waals surface area contributed by atoms with Crippen LogP contribution in [0.5, 0.6) is 5.75 Å². The van der Waals surface area contributed by atoms with Crippen molar-refractivity contribution < 1.29 is 9.26 Å². The number of thiophene rings is 1. The SMILES string of the molecule is Brc1ccccc1OCc1nc(-c2cccs2)no1. The van der Waals surface area contributed by atoms with Crippen LogP contribution >= 0.6 is 27.3 Å². The Balaban J connectivity index is 1.70. The van der Waals surface area contributed by atoms with Crippen LogP contribution in [-0.2, 0) is 6.61 Å². The third kappa shape index (κ3) is 2.85. The van der Waals surface area contributed by atoms with Crippen molar-refractivity contribution >= 4 is 27.3 Å². The number of benzene rings is 1. The van der Waals surface area contributed by atoms with E-state index in [9.17, 15) is 0 Å². The molecule has 0 unspecified atom stereocenters. The average Bonchev–Trinajstić information content (AvgIpc) is 3.09. The number of ether oxygens (including phenoxy) is 1. The number of hydrogen-bond donors (Lipinski definition) is 0. The molecule has 3 aromatic rings. The lowest BCUT2D eigenvalue weighted by Crippen LogP contribution is -1.96. The maximum Gasteiger partial charge on any atom is 0.264 e. The topological polar surface area (TPSA) is 48.2 Å². The first-order chi connectivity index (χ1) is 9.33. The number of aromatic nitrogens is 2. The minimum Gasteiger partial charge on any atom is -0.483 e. The van der Waals surface area contributed by atoms with Crippen LogP contribution in [0.1, 0.15) is 5.89 Å². The van der Waals surface area contributed by atoms with Crippen molar-refractivity contribution in [3.05, 3.63) is 52.1 Å². The lowest BCUT2D eigenvalue weighted by molar-refractivity contribution is 0.242. The summed E-state index contributed by atoms with van der Waals surface area (Å²) in [6.45, 7) is 0.251. The van der Waals surface area contributed by atoms with E-state index >= 15 is 0 Å². The van der Waals surface area contributed by atoms with Crippen molar-refractivity contribution in [1.29, 1.82) is 0 Å². The zero-order chi connectivity index (χ0) is 13.1. The van der Waals surface area contributed by atoms with Crippen LogP contribution in [-0.4, -0.2) is 10.1 Å². The third-order valence-corrected chi connectivity index (χ3v) is 3.92. The zero-order valence-corrected chi connectivity index (χ0v) is 12.1. The van der Waals surface area contributed by atoms with E-state index in [2.05, 4.69) is 26.1 Å². The van der Waals surface area contributed by atoms with Crippen molar-refractivity contribution in [3.63, 3.8) is 0 Å². The molecule has 0 N–H and O–H groups in total. The number of rotatable bonds is 4. The molecule has 2 heterocycles. The summed E-state index contributed by atoms with van der Waals surface area (Å²) in [7, 11) is 0. The summed E-state index contributed by atoms with van der Waals surface area (Å²) in [5.41, 5.74) is 0. The Morgan fingerprint density at radius 3 is 2.89 bits per heavy atom. The molecule has 0 aliphatic carbocycles. The number of halogens is 1. The molecule has 0 fully saturated rings. The van der Waals surface area contributed by atoms with Gasteiger partial charge in [0.05, 0.1) is 9.35 Å². The van der Waals surface area contributed by atoms with Gasteiger partial charge in [-0.2, -0.15) is 4.98 Å². The third-order valence-electron chi connectivity index (χ3n) is 2.40. The molecule has 0 saturated heterocycles. The summed E-state index contributed by atoms with van der Waals surface area (Å²) in [5, 5.41) is 5.90. The lowest BCUT2D eigenvalue weighted by atomic mass is 10.3. The summed E-state index contributed by atoms with van der Waals surface area (Å²) in [6, 6.07) is 11.5. The van der Waals surface area contributed by atoms with E-state index in [0.717, 1.165) is 15.1 Å². The van der Waals surface area contributed by atoms with Crippen molar-refractivity contribution in [3.8, 4) is 16.5 Å². The summed E-state index contributed by atoms with van der Waals surface area (Å²) < 4.78 is 11.7. The zero-order valence-electron chi connectivity index (χ0n) is 9.75. The molecule has 4 nitrogen and oxygen atoms in total. The molecular formula is C13H9BrN2O2S. The van der Waals surface area contributed by atoms with Crippen molar-refractivity contribution in [2.24, 2.45) is 0 Å². The molecule has 1 aromatic carbocycles. The second-order valence-electron chi connectivity index (χ2n) is 3.71. The maximum atomic E-state index is 5.61. The van der Waals surface area contributed by atoms with Crippen LogP contribution in [0.4, 0.5) is 0 Å². The maximum absolute atomic E-state index is 5.61. The minimum absolute atomic E-state index is 0.251. The highest BCUT2D eigenvalue weighted by molar-refractivity contribution is 9.10. The van der Waals surface area contributed by atoms with Crippen LogP contribution in [0, 0.1) is 0 Å². The molecule has 0 bridgehead atoms. The lowest BCUT2D eigenvalue weighted by Gasteiger charge is -2.04. The Bertz CT molecular complexity index is 667. The first-order valence-electron chi connectivity index (χ1n) is 5.57. The fourth-order valence-electron chi connectivity index (χ4n) is 1.52. The van der Waals surface area contributed by atoms with Gasteiger partial charge >= 0.3 is 0 Å². The van der Waals surface area contributed by atoms with Crippen molar-refractivity contribution in [2.45, 2.75) is 6.61 Å². The number of nitrogens with zero attached hydrogens (tertiary/aromatic N) is 2. The van der Waals surface area contributed by atoms with E-state index in [-0.39, 0.29) is 6.61 Å². The summed E-state index contributed by atoms with van der Waals surface area (Å²) in [4.78, 5) is 5.27. The Morgan fingerprint density at radius 1 is 1.21 bits per heavy atom. The Labute approximate surface area is 122 Å². The minimum atomic E-state index is 0.251. The quantitative estimate of drug-likeness (QED) is 0.718. The van der Waals surface area contributed by atoms with Gasteiger partial charge in [-0.05, 0) is 39.5 Å². The second-order valence-corrected chi connectivity index (χ2v) is 5.51. The first kappa shape index (κ1) is 12.4. The van der Waals surface area contributed by atoms with E-state index in [1.165, 1.54) is 0 Å².